The van der Waals surface area contributed by atoms with Crippen LogP contribution in [0.3, 0.4) is 0 Å². The molecule has 0 saturated heterocycles. The number of aryl methyl sites for hydroxylation is 1. The van der Waals surface area contributed by atoms with Crippen molar-refractivity contribution in [2.75, 3.05) is 19.0 Å². The van der Waals surface area contributed by atoms with E-state index in [9.17, 15) is 8.42 Å². The minimum atomic E-state index is -3.56. The Balaban J connectivity index is 2.01. The predicted octanol–water partition coefficient (Wildman–Crippen LogP) is 3.12. The number of hydrogen-bond acceptors (Lipinski definition) is 4. The molecule has 0 aliphatic carbocycles. The van der Waals surface area contributed by atoms with Crippen molar-refractivity contribution < 1.29 is 8.42 Å². The molecule has 128 valence electrons. The van der Waals surface area contributed by atoms with Crippen molar-refractivity contribution in [2.45, 2.75) is 31.8 Å². The molecule has 1 aliphatic heterocycles. The number of hydrogen-bond donors (Lipinski definition) is 0. The SMILES string of the molecule is Cc1ccc(S(=O)(=O)N2Cc3c(Cl)nc(N(C)C)c(C)c3C2)cc1. The quantitative estimate of drug-likeness (QED) is 0.784. The third kappa shape index (κ3) is 2.79. The molecule has 0 N–H and O–H groups in total. The highest BCUT2D eigenvalue weighted by Gasteiger charge is 2.34. The van der Waals surface area contributed by atoms with Crippen molar-refractivity contribution in [2.24, 2.45) is 0 Å². The lowest BCUT2D eigenvalue weighted by Gasteiger charge is -2.17. The highest BCUT2D eigenvalue weighted by Crippen LogP contribution is 2.37. The number of sulfonamides is 1. The summed E-state index contributed by atoms with van der Waals surface area (Å²) >= 11 is 6.31. The second-order valence-corrected chi connectivity index (χ2v) is 8.58. The van der Waals surface area contributed by atoms with Crippen molar-refractivity contribution in [3.63, 3.8) is 0 Å². The Hall–Kier alpha value is -1.63. The summed E-state index contributed by atoms with van der Waals surface area (Å²) in [5.74, 6) is 0.772. The third-order valence-electron chi connectivity index (χ3n) is 4.36. The highest BCUT2D eigenvalue weighted by atomic mass is 35.5. The van der Waals surface area contributed by atoms with Gasteiger partial charge in [-0.15, -0.1) is 0 Å². The molecule has 1 aliphatic rings. The fourth-order valence-electron chi connectivity index (χ4n) is 2.98. The van der Waals surface area contributed by atoms with Crippen LogP contribution >= 0.6 is 11.6 Å². The molecule has 2 aromatic rings. The summed E-state index contributed by atoms with van der Waals surface area (Å²) in [6.07, 6.45) is 0. The predicted molar refractivity (Wildman–Crippen MR) is 95.9 cm³/mol. The van der Waals surface area contributed by atoms with E-state index in [2.05, 4.69) is 4.98 Å². The van der Waals surface area contributed by atoms with Crippen LogP contribution in [0.15, 0.2) is 29.2 Å². The number of rotatable bonds is 3. The van der Waals surface area contributed by atoms with E-state index in [0.717, 1.165) is 28.1 Å². The molecule has 1 aromatic carbocycles. The molecule has 0 bridgehead atoms. The normalized spacial score (nSPS) is 14.7. The number of benzene rings is 1. The summed E-state index contributed by atoms with van der Waals surface area (Å²) in [5, 5.41) is 0.376. The van der Waals surface area contributed by atoms with Crippen LogP contribution in [0.4, 0.5) is 5.82 Å². The molecular weight excluding hydrogens is 346 g/mol. The van der Waals surface area contributed by atoms with E-state index in [1.54, 1.807) is 24.3 Å². The van der Waals surface area contributed by atoms with Gasteiger partial charge < -0.3 is 4.90 Å². The molecule has 3 rings (SSSR count). The molecule has 0 spiro atoms. The first-order valence-electron chi connectivity index (χ1n) is 7.64. The first kappa shape index (κ1) is 17.2. The van der Waals surface area contributed by atoms with Gasteiger partial charge >= 0.3 is 0 Å². The zero-order valence-corrected chi connectivity index (χ0v) is 15.7. The maximum absolute atomic E-state index is 12.9. The fraction of sp³-hybridized carbons (Fsp3) is 0.353. The molecule has 7 heteroatoms. The van der Waals surface area contributed by atoms with E-state index < -0.39 is 10.0 Å². The van der Waals surface area contributed by atoms with Crippen LogP contribution in [0, 0.1) is 13.8 Å². The van der Waals surface area contributed by atoms with E-state index in [1.165, 1.54) is 4.31 Å². The van der Waals surface area contributed by atoms with Gasteiger partial charge in [0.25, 0.3) is 0 Å². The van der Waals surface area contributed by atoms with E-state index >= 15 is 0 Å². The Bertz CT molecular complexity index is 893. The van der Waals surface area contributed by atoms with E-state index in [-0.39, 0.29) is 6.54 Å². The monoisotopic (exact) mass is 365 g/mol. The molecule has 0 saturated carbocycles. The van der Waals surface area contributed by atoms with Gasteiger partial charge in [-0.3, -0.25) is 0 Å². The van der Waals surface area contributed by atoms with Crippen LogP contribution in [-0.4, -0.2) is 31.8 Å². The van der Waals surface area contributed by atoms with E-state index in [1.807, 2.05) is 32.8 Å². The molecule has 0 amide bonds. The summed E-state index contributed by atoms with van der Waals surface area (Å²) < 4.78 is 27.3. The number of halogens is 1. The largest absolute Gasteiger partial charge is 0.362 e. The summed E-state index contributed by atoms with van der Waals surface area (Å²) in [6.45, 7) is 4.46. The van der Waals surface area contributed by atoms with E-state index in [0.29, 0.717) is 16.6 Å². The molecular formula is C17H20ClN3O2S. The molecule has 2 heterocycles. The van der Waals surface area contributed by atoms with Gasteiger partial charge in [0.15, 0.2) is 0 Å². The zero-order chi connectivity index (χ0) is 17.6. The van der Waals surface area contributed by atoms with Crippen LogP contribution in [-0.2, 0) is 23.1 Å². The van der Waals surface area contributed by atoms with Crippen molar-refractivity contribution in [1.82, 2.24) is 9.29 Å². The Labute approximate surface area is 147 Å². The maximum Gasteiger partial charge on any atom is 0.243 e. The van der Waals surface area contributed by atoms with Crippen molar-refractivity contribution in [3.8, 4) is 0 Å². The lowest BCUT2D eigenvalue weighted by molar-refractivity contribution is 0.431. The zero-order valence-electron chi connectivity index (χ0n) is 14.2. The second kappa shape index (κ2) is 6.02. The highest BCUT2D eigenvalue weighted by molar-refractivity contribution is 7.89. The summed E-state index contributed by atoms with van der Waals surface area (Å²) in [5.41, 5.74) is 3.75. The molecule has 0 radical (unpaired) electrons. The number of pyridine rings is 1. The van der Waals surface area contributed by atoms with Crippen molar-refractivity contribution in [1.29, 1.82) is 0 Å². The van der Waals surface area contributed by atoms with Gasteiger partial charge in [0.1, 0.15) is 11.0 Å². The Kier molecular flexibility index (Phi) is 4.32. The second-order valence-electron chi connectivity index (χ2n) is 6.29. The van der Waals surface area contributed by atoms with Gasteiger partial charge in [0.05, 0.1) is 4.90 Å². The summed E-state index contributed by atoms with van der Waals surface area (Å²) in [6, 6.07) is 6.90. The average Bonchev–Trinajstić information content (AvgIpc) is 2.98. The molecule has 1 aromatic heterocycles. The Morgan fingerprint density at radius 2 is 1.67 bits per heavy atom. The number of aromatic nitrogens is 1. The summed E-state index contributed by atoms with van der Waals surface area (Å²) in [4.78, 5) is 6.60. The molecule has 0 fully saturated rings. The van der Waals surface area contributed by atoms with Crippen molar-refractivity contribution >= 4 is 27.4 Å². The summed E-state index contributed by atoms with van der Waals surface area (Å²) in [7, 11) is 0.237. The molecule has 0 atom stereocenters. The van der Waals surface area contributed by atoms with Crippen molar-refractivity contribution in [3.05, 3.63) is 51.7 Å². The third-order valence-corrected chi connectivity index (χ3v) is 6.48. The number of fused-ring (bicyclic) bond motifs is 1. The first-order valence-corrected chi connectivity index (χ1v) is 9.45. The van der Waals surface area contributed by atoms with Gasteiger partial charge in [-0.05, 0) is 37.1 Å². The standard InChI is InChI=1S/C17H20ClN3O2S/c1-11-5-7-13(8-6-11)24(22,23)21-9-14-12(2)17(20(3)4)19-16(18)15(14)10-21/h5-8H,9-10H2,1-4H3. The van der Waals surface area contributed by atoms with Crippen LogP contribution in [0.5, 0.6) is 0 Å². The fourth-order valence-corrected chi connectivity index (χ4v) is 4.61. The smallest absolute Gasteiger partial charge is 0.243 e. The molecule has 24 heavy (non-hydrogen) atoms. The minimum absolute atomic E-state index is 0.256. The van der Waals surface area contributed by atoms with Crippen LogP contribution in [0.2, 0.25) is 5.15 Å². The first-order chi connectivity index (χ1) is 11.2. The Morgan fingerprint density at radius 1 is 1.08 bits per heavy atom. The maximum atomic E-state index is 12.9. The van der Waals surface area contributed by atoms with Crippen LogP contribution in [0.1, 0.15) is 22.3 Å². The van der Waals surface area contributed by atoms with Gasteiger partial charge in [-0.2, -0.15) is 4.31 Å². The molecule has 0 unspecified atom stereocenters. The average molecular weight is 366 g/mol. The lowest BCUT2D eigenvalue weighted by atomic mass is 10.1. The van der Waals surface area contributed by atoms with Gasteiger partial charge in [0.2, 0.25) is 10.0 Å². The van der Waals surface area contributed by atoms with Gasteiger partial charge in [0, 0.05) is 32.7 Å². The molecule has 5 nitrogen and oxygen atoms in total. The van der Waals surface area contributed by atoms with Gasteiger partial charge in [-0.1, -0.05) is 29.3 Å². The van der Waals surface area contributed by atoms with E-state index in [4.69, 9.17) is 11.6 Å². The van der Waals surface area contributed by atoms with Crippen LogP contribution in [0.25, 0.3) is 0 Å². The number of anilines is 1. The topological polar surface area (TPSA) is 53.5 Å². The Morgan fingerprint density at radius 3 is 2.25 bits per heavy atom. The minimum Gasteiger partial charge on any atom is -0.362 e. The van der Waals surface area contributed by atoms with Crippen LogP contribution < -0.4 is 4.90 Å². The number of nitrogens with zero attached hydrogens (tertiary/aromatic N) is 3. The lowest BCUT2D eigenvalue weighted by Crippen LogP contribution is -2.25. The van der Waals surface area contributed by atoms with Gasteiger partial charge in [-0.25, -0.2) is 13.4 Å².